The molecular weight excluding hydrogens is 438 g/mol. The molecule has 1 heterocycles. The van der Waals surface area contributed by atoms with Gasteiger partial charge in [-0.1, -0.05) is 18.6 Å². The zero-order chi connectivity index (χ0) is 23.7. The number of piperidine rings is 1. The minimum Gasteiger partial charge on any atom is -0.492 e. The van der Waals surface area contributed by atoms with Crippen LogP contribution in [-0.4, -0.2) is 50.1 Å². The summed E-state index contributed by atoms with van der Waals surface area (Å²) in [5.74, 6) is 3.93. The molecule has 7 rings (SSSR count). The van der Waals surface area contributed by atoms with E-state index in [1.165, 1.54) is 70.0 Å². The molecule has 6 fully saturated rings. The maximum atomic E-state index is 6.29. The molecule has 0 spiro atoms. The first kappa shape index (κ1) is 24.2. The van der Waals surface area contributed by atoms with E-state index in [4.69, 9.17) is 19.2 Å². The molecule has 0 aromatic heterocycles. The van der Waals surface area contributed by atoms with Crippen LogP contribution in [0.1, 0.15) is 88.5 Å². The highest BCUT2D eigenvalue weighted by Gasteiger charge is 2.60. The summed E-state index contributed by atoms with van der Waals surface area (Å²) in [5, 5.41) is 0. The molecule has 35 heavy (non-hydrogen) atoms. The van der Waals surface area contributed by atoms with Crippen LogP contribution in [0.15, 0.2) is 24.3 Å². The number of methoxy groups -OCH3 is 1. The molecule has 0 radical (unpaired) electrons. The van der Waals surface area contributed by atoms with E-state index in [0.717, 1.165) is 56.4 Å². The average Bonchev–Trinajstić information content (AvgIpc) is 2.90. The van der Waals surface area contributed by atoms with Gasteiger partial charge in [-0.05, 0) is 119 Å². The fourth-order valence-corrected chi connectivity index (χ4v) is 8.29. The summed E-state index contributed by atoms with van der Waals surface area (Å²) in [7, 11) is 1.84. The van der Waals surface area contributed by atoms with E-state index in [1.807, 2.05) is 7.11 Å². The van der Waals surface area contributed by atoms with Gasteiger partial charge in [-0.15, -0.1) is 0 Å². The van der Waals surface area contributed by atoms with Crippen LogP contribution >= 0.6 is 0 Å². The molecular formula is C30H45NO4. The Kier molecular flexibility index (Phi) is 7.39. The fraction of sp³-hybridized carbons (Fsp3) is 0.800. The Balaban J connectivity index is 0.950. The third-order valence-electron chi connectivity index (χ3n) is 10.1. The van der Waals surface area contributed by atoms with Crippen LogP contribution in [0, 0.1) is 23.7 Å². The number of rotatable bonds is 9. The van der Waals surface area contributed by atoms with E-state index >= 15 is 0 Å². The van der Waals surface area contributed by atoms with Gasteiger partial charge < -0.3 is 9.47 Å². The minimum atomic E-state index is -0.492. The highest BCUT2D eigenvalue weighted by Crippen LogP contribution is 2.60. The minimum absolute atomic E-state index is 0.188. The maximum Gasteiger partial charge on any atom is 0.207 e. The van der Waals surface area contributed by atoms with Gasteiger partial charge in [0.25, 0.3) is 0 Å². The molecule has 5 saturated carbocycles. The van der Waals surface area contributed by atoms with Crippen molar-refractivity contribution in [3.8, 4) is 5.75 Å². The van der Waals surface area contributed by atoms with Crippen LogP contribution in [-0.2, 0) is 14.5 Å². The van der Waals surface area contributed by atoms with Crippen molar-refractivity contribution in [2.24, 2.45) is 23.7 Å². The van der Waals surface area contributed by atoms with Crippen LogP contribution < -0.4 is 4.74 Å². The number of likely N-dealkylation sites (tertiary alicyclic amines) is 1. The lowest BCUT2D eigenvalue weighted by Gasteiger charge is -2.58. The second-order valence-corrected chi connectivity index (χ2v) is 12.2. The van der Waals surface area contributed by atoms with E-state index in [0.29, 0.717) is 17.8 Å². The molecule has 1 saturated heterocycles. The van der Waals surface area contributed by atoms with Gasteiger partial charge in [-0.2, -0.15) is 0 Å². The first-order chi connectivity index (χ1) is 17.2. The van der Waals surface area contributed by atoms with E-state index in [1.54, 1.807) is 0 Å². The molecule has 0 unspecified atom stereocenters. The van der Waals surface area contributed by atoms with Crippen LogP contribution in [0.3, 0.4) is 0 Å². The zero-order valence-corrected chi connectivity index (χ0v) is 21.7. The van der Waals surface area contributed by atoms with Gasteiger partial charge in [0.1, 0.15) is 12.4 Å². The van der Waals surface area contributed by atoms with E-state index < -0.39 is 5.79 Å². The fourth-order valence-electron chi connectivity index (χ4n) is 8.29. The predicted octanol–water partition coefficient (Wildman–Crippen LogP) is 6.32. The van der Waals surface area contributed by atoms with Gasteiger partial charge in [-0.25, -0.2) is 9.78 Å². The predicted molar refractivity (Wildman–Crippen MR) is 136 cm³/mol. The van der Waals surface area contributed by atoms with E-state index in [-0.39, 0.29) is 6.10 Å². The SMILES string of the molecule is COC1(OOC2CCC(c3ccc(OCCN4CCCCC4)cc3)CC2)C2CC3CC(C2)CC1C3. The average molecular weight is 484 g/mol. The summed E-state index contributed by atoms with van der Waals surface area (Å²) < 4.78 is 12.1. The second-order valence-electron chi connectivity index (χ2n) is 12.2. The molecule has 0 amide bonds. The maximum absolute atomic E-state index is 6.29. The zero-order valence-electron chi connectivity index (χ0n) is 21.7. The van der Waals surface area contributed by atoms with Gasteiger partial charge in [0.05, 0.1) is 6.10 Å². The Labute approximate surface area is 211 Å². The van der Waals surface area contributed by atoms with Crippen molar-refractivity contribution < 1.29 is 19.2 Å². The van der Waals surface area contributed by atoms with Crippen LogP contribution in [0.4, 0.5) is 0 Å². The summed E-state index contributed by atoms with van der Waals surface area (Å²) in [6, 6.07) is 8.86. The highest BCUT2D eigenvalue weighted by molar-refractivity contribution is 5.29. The topological polar surface area (TPSA) is 40.2 Å². The van der Waals surface area contributed by atoms with Crippen molar-refractivity contribution >= 4 is 0 Å². The molecule has 1 aromatic carbocycles. The van der Waals surface area contributed by atoms with Crippen molar-refractivity contribution in [1.82, 2.24) is 4.90 Å². The quantitative estimate of drug-likeness (QED) is 0.233. The van der Waals surface area contributed by atoms with E-state index in [9.17, 15) is 0 Å². The van der Waals surface area contributed by atoms with Crippen molar-refractivity contribution in [2.75, 3.05) is 33.4 Å². The lowest BCUT2D eigenvalue weighted by Crippen LogP contribution is -2.60. The molecule has 1 aliphatic heterocycles. The van der Waals surface area contributed by atoms with Crippen LogP contribution in [0.25, 0.3) is 0 Å². The standard InChI is InChI=1S/C30H45NO4/c1-32-30(26-18-22-17-23(20-26)21-27(30)19-22)35-34-29-11-7-25(8-12-29)24-5-9-28(10-6-24)33-16-15-31-13-3-2-4-14-31/h5-6,9-10,22-23,25-27,29H,2-4,7-8,11-21H2,1H3. The van der Waals surface area contributed by atoms with Gasteiger partial charge in [0.15, 0.2) is 0 Å². The number of benzene rings is 1. The van der Waals surface area contributed by atoms with Gasteiger partial charge in [0.2, 0.25) is 5.79 Å². The summed E-state index contributed by atoms with van der Waals surface area (Å²) in [6.45, 7) is 4.29. The molecule has 5 heteroatoms. The molecule has 0 atom stereocenters. The molecule has 5 aliphatic carbocycles. The van der Waals surface area contributed by atoms with Crippen LogP contribution in [0.2, 0.25) is 0 Å². The lowest BCUT2D eigenvalue weighted by molar-refractivity contribution is -0.485. The number of nitrogens with zero attached hydrogens (tertiary/aromatic N) is 1. The van der Waals surface area contributed by atoms with Crippen molar-refractivity contribution in [2.45, 2.75) is 94.9 Å². The summed E-state index contributed by atoms with van der Waals surface area (Å²) in [6.07, 6.45) is 15.1. The number of hydrogen-bond donors (Lipinski definition) is 0. The van der Waals surface area contributed by atoms with Crippen molar-refractivity contribution in [3.63, 3.8) is 0 Å². The highest BCUT2D eigenvalue weighted by atomic mass is 17.2. The summed E-state index contributed by atoms with van der Waals surface area (Å²) >= 11 is 0. The molecule has 1 aromatic rings. The monoisotopic (exact) mass is 483 g/mol. The van der Waals surface area contributed by atoms with Crippen LogP contribution in [0.5, 0.6) is 5.75 Å². The Morgan fingerprint density at radius 1 is 0.829 bits per heavy atom. The normalized spacial score (nSPS) is 39.1. The Morgan fingerprint density at radius 3 is 2.11 bits per heavy atom. The summed E-state index contributed by atoms with van der Waals surface area (Å²) in [5.41, 5.74) is 1.43. The Bertz CT molecular complexity index is 784. The third kappa shape index (κ3) is 5.16. The molecule has 5 nitrogen and oxygen atoms in total. The Hall–Kier alpha value is -1.14. The summed E-state index contributed by atoms with van der Waals surface area (Å²) in [4.78, 5) is 15.0. The number of ether oxygens (including phenoxy) is 2. The van der Waals surface area contributed by atoms with Gasteiger partial charge >= 0.3 is 0 Å². The van der Waals surface area contributed by atoms with Gasteiger partial charge in [0, 0.05) is 25.5 Å². The molecule has 0 N–H and O–H groups in total. The first-order valence-corrected chi connectivity index (χ1v) is 14.6. The molecule has 6 aliphatic rings. The molecule has 4 bridgehead atoms. The number of hydrogen-bond acceptors (Lipinski definition) is 5. The van der Waals surface area contributed by atoms with Crippen molar-refractivity contribution in [3.05, 3.63) is 29.8 Å². The largest absolute Gasteiger partial charge is 0.492 e. The third-order valence-corrected chi connectivity index (χ3v) is 10.1. The Morgan fingerprint density at radius 2 is 1.49 bits per heavy atom. The van der Waals surface area contributed by atoms with Crippen molar-refractivity contribution in [1.29, 1.82) is 0 Å². The second kappa shape index (κ2) is 10.7. The smallest absolute Gasteiger partial charge is 0.207 e. The molecule has 194 valence electrons. The van der Waals surface area contributed by atoms with E-state index in [2.05, 4.69) is 29.2 Å². The first-order valence-electron chi connectivity index (χ1n) is 14.6. The van der Waals surface area contributed by atoms with Gasteiger partial charge in [-0.3, -0.25) is 4.90 Å². The lowest BCUT2D eigenvalue weighted by atomic mass is 9.53.